The average molecular weight is 236 g/mol. The topological polar surface area (TPSA) is 43.4 Å². The van der Waals surface area contributed by atoms with Crippen molar-refractivity contribution in [2.75, 3.05) is 0 Å². The van der Waals surface area contributed by atoms with Crippen LogP contribution in [-0.4, -0.2) is 6.29 Å². The number of furan rings is 2. The molecule has 0 saturated carbocycles. The van der Waals surface area contributed by atoms with Crippen LogP contribution in [0.2, 0.25) is 0 Å². The molecule has 0 fully saturated rings. The molecule has 0 bridgehead atoms. The third kappa shape index (κ3) is 1.10. The lowest BCUT2D eigenvalue weighted by atomic mass is 10.1. The number of carbonyl (C=O) groups is 1. The lowest BCUT2D eigenvalue weighted by Gasteiger charge is -1.91. The second-order valence-electron chi connectivity index (χ2n) is 4.25. The zero-order chi connectivity index (χ0) is 12.1. The molecule has 0 radical (unpaired) electrons. The van der Waals surface area contributed by atoms with Crippen LogP contribution in [0.1, 0.15) is 10.4 Å². The summed E-state index contributed by atoms with van der Waals surface area (Å²) in [5.41, 5.74) is 2.80. The minimum absolute atomic E-state index is 0.570. The van der Waals surface area contributed by atoms with Crippen LogP contribution in [0.15, 0.2) is 51.5 Å². The molecule has 0 aliphatic rings. The van der Waals surface area contributed by atoms with E-state index in [9.17, 15) is 4.79 Å². The Labute approximate surface area is 102 Å². The Bertz CT molecular complexity index is 896. The van der Waals surface area contributed by atoms with Crippen molar-refractivity contribution in [3.05, 3.63) is 48.2 Å². The second-order valence-corrected chi connectivity index (χ2v) is 4.25. The molecule has 18 heavy (non-hydrogen) atoms. The van der Waals surface area contributed by atoms with Gasteiger partial charge in [-0.2, -0.15) is 0 Å². The number of hydrogen-bond donors (Lipinski definition) is 0. The van der Waals surface area contributed by atoms with Gasteiger partial charge in [-0.1, -0.05) is 12.1 Å². The number of para-hydroxylation sites is 1. The highest BCUT2D eigenvalue weighted by molar-refractivity contribution is 6.12. The number of hydrogen-bond acceptors (Lipinski definition) is 3. The molecule has 0 spiro atoms. The van der Waals surface area contributed by atoms with Gasteiger partial charge in [-0.05, 0) is 24.3 Å². The molecule has 86 valence electrons. The van der Waals surface area contributed by atoms with E-state index in [0.717, 1.165) is 33.6 Å². The molecule has 0 atom stereocenters. The molecule has 2 heterocycles. The van der Waals surface area contributed by atoms with E-state index in [1.165, 1.54) is 0 Å². The second kappa shape index (κ2) is 3.23. The molecule has 4 aromatic rings. The molecule has 3 nitrogen and oxygen atoms in total. The lowest BCUT2D eigenvalue weighted by molar-refractivity contribution is 0.112. The van der Waals surface area contributed by atoms with Gasteiger partial charge in [0.1, 0.15) is 16.7 Å². The maximum atomic E-state index is 11.0. The van der Waals surface area contributed by atoms with Gasteiger partial charge in [0.2, 0.25) is 0 Å². The van der Waals surface area contributed by atoms with E-state index in [-0.39, 0.29) is 0 Å². The van der Waals surface area contributed by atoms with Crippen LogP contribution in [0.25, 0.3) is 32.9 Å². The molecule has 3 heteroatoms. The van der Waals surface area contributed by atoms with Crippen molar-refractivity contribution in [2.24, 2.45) is 0 Å². The zero-order valence-corrected chi connectivity index (χ0v) is 9.34. The number of aldehydes is 1. The van der Waals surface area contributed by atoms with Gasteiger partial charge in [-0.3, -0.25) is 4.79 Å². The smallest absolute Gasteiger partial charge is 0.153 e. The normalized spacial score (nSPS) is 11.6. The maximum absolute atomic E-state index is 11.0. The molecule has 0 N–H and O–H groups in total. The maximum Gasteiger partial charge on any atom is 0.153 e. The standard InChI is InChI=1S/C15H8O3/c16-8-10-2-1-3-11-12-7-13-9(4-5-17-13)6-14(12)18-15(10)11/h1-8H. The molecule has 0 unspecified atom stereocenters. The Hall–Kier alpha value is -2.55. The first kappa shape index (κ1) is 9.48. The molecule has 0 aliphatic carbocycles. The van der Waals surface area contributed by atoms with E-state index < -0.39 is 0 Å². The van der Waals surface area contributed by atoms with Crippen molar-refractivity contribution >= 4 is 39.2 Å². The van der Waals surface area contributed by atoms with E-state index in [1.54, 1.807) is 12.3 Å². The van der Waals surface area contributed by atoms with E-state index in [1.807, 2.05) is 30.3 Å². The van der Waals surface area contributed by atoms with Crippen LogP contribution in [0, 0.1) is 0 Å². The van der Waals surface area contributed by atoms with Gasteiger partial charge in [0.15, 0.2) is 6.29 Å². The number of benzene rings is 2. The van der Waals surface area contributed by atoms with Crippen molar-refractivity contribution in [1.29, 1.82) is 0 Å². The summed E-state index contributed by atoms with van der Waals surface area (Å²) in [7, 11) is 0. The highest BCUT2D eigenvalue weighted by Gasteiger charge is 2.11. The zero-order valence-electron chi connectivity index (χ0n) is 9.34. The summed E-state index contributed by atoms with van der Waals surface area (Å²) in [6.07, 6.45) is 2.47. The molecule has 4 rings (SSSR count). The van der Waals surface area contributed by atoms with Gasteiger partial charge < -0.3 is 8.83 Å². The van der Waals surface area contributed by atoms with Gasteiger partial charge in [-0.25, -0.2) is 0 Å². The summed E-state index contributed by atoms with van der Waals surface area (Å²) in [4.78, 5) is 11.0. The largest absolute Gasteiger partial charge is 0.464 e. The Morgan fingerprint density at radius 2 is 1.94 bits per heavy atom. The van der Waals surface area contributed by atoms with Crippen molar-refractivity contribution in [3.8, 4) is 0 Å². The summed E-state index contributed by atoms with van der Waals surface area (Å²) in [6, 6.07) is 11.3. The van der Waals surface area contributed by atoms with Crippen molar-refractivity contribution in [3.63, 3.8) is 0 Å². The minimum Gasteiger partial charge on any atom is -0.464 e. The van der Waals surface area contributed by atoms with Crippen LogP contribution >= 0.6 is 0 Å². The first-order valence-corrected chi connectivity index (χ1v) is 5.64. The van der Waals surface area contributed by atoms with Crippen LogP contribution in [0.4, 0.5) is 0 Å². The highest BCUT2D eigenvalue weighted by atomic mass is 16.3. The lowest BCUT2D eigenvalue weighted by Crippen LogP contribution is -1.78. The number of rotatable bonds is 1. The van der Waals surface area contributed by atoms with Gasteiger partial charge in [0.05, 0.1) is 11.8 Å². The monoisotopic (exact) mass is 236 g/mol. The van der Waals surface area contributed by atoms with Crippen molar-refractivity contribution in [1.82, 2.24) is 0 Å². The van der Waals surface area contributed by atoms with Crippen LogP contribution < -0.4 is 0 Å². The fourth-order valence-corrected chi connectivity index (χ4v) is 2.37. The summed E-state index contributed by atoms with van der Waals surface area (Å²) >= 11 is 0. The molecule has 0 saturated heterocycles. The Balaban J connectivity index is 2.27. The molecule has 2 aromatic heterocycles. The molecular weight excluding hydrogens is 228 g/mol. The first-order chi connectivity index (χ1) is 8.86. The third-order valence-electron chi connectivity index (χ3n) is 3.23. The fourth-order valence-electron chi connectivity index (χ4n) is 2.37. The van der Waals surface area contributed by atoms with Gasteiger partial charge in [-0.15, -0.1) is 0 Å². The summed E-state index contributed by atoms with van der Waals surface area (Å²) in [5.74, 6) is 0. The summed E-state index contributed by atoms with van der Waals surface area (Å²) in [5, 5.41) is 2.90. The summed E-state index contributed by atoms with van der Waals surface area (Å²) < 4.78 is 11.2. The predicted molar refractivity (Wildman–Crippen MR) is 68.9 cm³/mol. The minimum atomic E-state index is 0.570. The van der Waals surface area contributed by atoms with Crippen LogP contribution in [0.5, 0.6) is 0 Å². The fraction of sp³-hybridized carbons (Fsp3) is 0. The van der Waals surface area contributed by atoms with Gasteiger partial charge >= 0.3 is 0 Å². The van der Waals surface area contributed by atoms with Gasteiger partial charge in [0.25, 0.3) is 0 Å². The SMILES string of the molecule is O=Cc1cccc2c1oc1cc3ccoc3cc12. The van der Waals surface area contributed by atoms with E-state index in [0.29, 0.717) is 11.1 Å². The van der Waals surface area contributed by atoms with Crippen LogP contribution in [0.3, 0.4) is 0 Å². The molecule has 0 amide bonds. The third-order valence-corrected chi connectivity index (χ3v) is 3.23. The highest BCUT2D eigenvalue weighted by Crippen LogP contribution is 2.33. The van der Waals surface area contributed by atoms with Crippen molar-refractivity contribution < 1.29 is 13.6 Å². The Kier molecular flexibility index (Phi) is 1.70. The summed E-state index contributed by atoms with van der Waals surface area (Å²) in [6.45, 7) is 0. The molecule has 0 aliphatic heterocycles. The number of carbonyl (C=O) groups excluding carboxylic acids is 1. The van der Waals surface area contributed by atoms with Gasteiger partial charge in [0, 0.05) is 16.2 Å². The van der Waals surface area contributed by atoms with Crippen molar-refractivity contribution in [2.45, 2.75) is 0 Å². The molecule has 2 aromatic carbocycles. The van der Waals surface area contributed by atoms with Crippen LogP contribution in [-0.2, 0) is 0 Å². The first-order valence-electron chi connectivity index (χ1n) is 5.64. The Morgan fingerprint density at radius 1 is 1.00 bits per heavy atom. The Morgan fingerprint density at radius 3 is 2.83 bits per heavy atom. The predicted octanol–water partition coefficient (Wildman–Crippen LogP) is 4.14. The van der Waals surface area contributed by atoms with E-state index in [2.05, 4.69) is 0 Å². The van der Waals surface area contributed by atoms with E-state index in [4.69, 9.17) is 8.83 Å². The number of fused-ring (bicyclic) bond motifs is 4. The average Bonchev–Trinajstić information content (AvgIpc) is 2.98. The molecular formula is C15H8O3. The van der Waals surface area contributed by atoms with E-state index >= 15 is 0 Å². The quantitative estimate of drug-likeness (QED) is 0.466.